The number of halogens is 7. The molecule has 0 radical (unpaired) electrons. The number of piperidine rings is 1. The molecule has 2 heterocycles. The van der Waals surface area contributed by atoms with Crippen LogP contribution < -0.4 is 0 Å². The van der Waals surface area contributed by atoms with Gasteiger partial charge in [0.1, 0.15) is 24.7 Å². The highest BCUT2D eigenvalue weighted by atomic mass is 19.4. The molecule has 1 saturated heterocycles. The second kappa shape index (κ2) is 11.7. The number of benzene rings is 2. The van der Waals surface area contributed by atoms with Gasteiger partial charge in [0.05, 0.1) is 17.2 Å². The average molecular weight is 599 g/mol. The molecule has 2 aliphatic rings. The fourth-order valence-corrected chi connectivity index (χ4v) is 6.00. The Labute approximate surface area is 237 Å². The number of alkyl halides is 6. The Morgan fingerprint density at radius 2 is 1.55 bits per heavy atom. The number of ether oxygens (including phenoxy) is 1. The molecule has 13 heteroatoms. The third kappa shape index (κ3) is 6.45. The first-order chi connectivity index (χ1) is 19.8. The van der Waals surface area contributed by atoms with Crippen LogP contribution in [0.2, 0.25) is 0 Å². The number of amides is 1. The van der Waals surface area contributed by atoms with Crippen molar-refractivity contribution in [3.05, 3.63) is 83.2 Å². The van der Waals surface area contributed by atoms with E-state index in [0.29, 0.717) is 49.9 Å². The van der Waals surface area contributed by atoms with Gasteiger partial charge in [-0.1, -0.05) is 12.1 Å². The number of rotatable bonds is 6. The van der Waals surface area contributed by atoms with Gasteiger partial charge in [-0.25, -0.2) is 4.39 Å². The molecule has 1 amide bonds. The Morgan fingerprint density at radius 1 is 0.929 bits per heavy atom. The fraction of sp³-hybridized carbons (Fsp3) is 0.483. The van der Waals surface area contributed by atoms with Gasteiger partial charge in [-0.2, -0.15) is 26.3 Å². The normalized spacial score (nSPS) is 24.1. The predicted molar refractivity (Wildman–Crippen MR) is 136 cm³/mol. The van der Waals surface area contributed by atoms with E-state index in [2.05, 4.69) is 10.2 Å². The highest BCUT2D eigenvalue weighted by Crippen LogP contribution is 2.42. The molecule has 5 atom stereocenters. The lowest BCUT2D eigenvalue weighted by atomic mass is 9.87. The molecule has 2 aromatic carbocycles. The van der Waals surface area contributed by atoms with Crippen molar-refractivity contribution < 1.29 is 40.3 Å². The highest BCUT2D eigenvalue weighted by molar-refractivity contribution is 5.79. The summed E-state index contributed by atoms with van der Waals surface area (Å²) in [6, 6.07) is 7.01. The van der Waals surface area contributed by atoms with E-state index in [0.717, 1.165) is 6.42 Å². The summed E-state index contributed by atoms with van der Waals surface area (Å²) in [5.74, 6) is -1.51. The van der Waals surface area contributed by atoms with E-state index in [1.807, 2.05) is 4.57 Å². The number of aromatic nitrogens is 3. The SMILES string of the molecule is C[C@@H](OC1C(c2ccc(F)cc2)CCCN1C(=O)[C@H]1CC[C@@H](n2cnnc2)C1)c1cc(C(F)(F)F)cc(C(F)(F)F)c1. The molecule has 1 saturated carbocycles. The van der Waals surface area contributed by atoms with Gasteiger partial charge in [-0.05, 0) is 80.5 Å². The molecule has 6 nitrogen and oxygen atoms in total. The van der Waals surface area contributed by atoms with Crippen molar-refractivity contribution in [3.63, 3.8) is 0 Å². The average Bonchev–Trinajstić information content (AvgIpc) is 3.65. The number of carbonyl (C=O) groups excluding carboxylic acids is 1. The summed E-state index contributed by atoms with van der Waals surface area (Å²) >= 11 is 0. The summed E-state index contributed by atoms with van der Waals surface area (Å²) in [5.41, 5.74) is -2.55. The van der Waals surface area contributed by atoms with E-state index in [-0.39, 0.29) is 29.5 Å². The minimum Gasteiger partial charge on any atom is -0.350 e. The van der Waals surface area contributed by atoms with E-state index in [1.165, 1.54) is 19.1 Å². The number of carbonyl (C=O) groups is 1. The molecular formula is C29H29F7N4O2. The van der Waals surface area contributed by atoms with Crippen LogP contribution in [-0.2, 0) is 21.9 Å². The Kier molecular flexibility index (Phi) is 8.32. The lowest BCUT2D eigenvalue weighted by molar-refractivity contribution is -0.165. The molecule has 0 N–H and O–H groups in total. The van der Waals surface area contributed by atoms with E-state index >= 15 is 0 Å². The van der Waals surface area contributed by atoms with Gasteiger partial charge in [-0.3, -0.25) is 4.79 Å². The van der Waals surface area contributed by atoms with Gasteiger partial charge in [0.15, 0.2) is 0 Å². The smallest absolute Gasteiger partial charge is 0.350 e. The number of nitrogens with zero attached hydrogens (tertiary/aromatic N) is 4. The molecule has 0 bridgehead atoms. The van der Waals surface area contributed by atoms with Crippen LogP contribution in [0.4, 0.5) is 30.7 Å². The monoisotopic (exact) mass is 598 g/mol. The maximum Gasteiger partial charge on any atom is 0.416 e. The van der Waals surface area contributed by atoms with Crippen LogP contribution in [-0.4, -0.2) is 38.3 Å². The van der Waals surface area contributed by atoms with Crippen molar-refractivity contribution in [1.82, 2.24) is 19.7 Å². The summed E-state index contributed by atoms with van der Waals surface area (Å²) in [7, 11) is 0. The molecule has 0 spiro atoms. The van der Waals surface area contributed by atoms with E-state index in [9.17, 15) is 35.5 Å². The highest BCUT2D eigenvalue weighted by Gasteiger charge is 2.43. The molecular weight excluding hydrogens is 569 g/mol. The molecule has 1 aliphatic carbocycles. The van der Waals surface area contributed by atoms with E-state index in [1.54, 1.807) is 29.7 Å². The summed E-state index contributed by atoms with van der Waals surface area (Å²) in [6.45, 7) is 1.67. The molecule has 5 rings (SSSR count). The zero-order chi connectivity index (χ0) is 30.2. The van der Waals surface area contributed by atoms with Crippen LogP contribution in [0.1, 0.15) is 79.3 Å². The lowest BCUT2D eigenvalue weighted by Crippen LogP contribution is -2.51. The largest absolute Gasteiger partial charge is 0.416 e. The molecule has 1 aromatic heterocycles. The van der Waals surface area contributed by atoms with Gasteiger partial charge in [0.25, 0.3) is 0 Å². The first kappa shape index (κ1) is 30.0. The standard InChI is InChI=1S/C29H29F7N4O2/c1-17(20-11-21(28(31,32)33)14-22(12-20)29(34,35)36)42-27-25(18-4-7-23(30)8-5-18)3-2-10-40(27)26(41)19-6-9-24(13-19)39-15-37-38-16-39/h4-5,7-8,11-12,14-17,19,24-25,27H,2-3,6,9-10,13H2,1H3/t17-,19+,24-,25?,27?/m1/s1. The third-order valence-corrected chi connectivity index (χ3v) is 8.18. The second-order valence-corrected chi connectivity index (χ2v) is 10.9. The molecule has 2 unspecified atom stereocenters. The van der Waals surface area contributed by atoms with E-state index < -0.39 is 47.5 Å². The van der Waals surface area contributed by atoms with Gasteiger partial charge >= 0.3 is 12.4 Å². The third-order valence-electron chi connectivity index (χ3n) is 8.18. The quantitative estimate of drug-likeness (QED) is 0.280. The number of likely N-dealkylation sites (tertiary alicyclic amines) is 1. The maximum atomic E-state index is 13.9. The number of hydrogen-bond acceptors (Lipinski definition) is 4. The fourth-order valence-electron chi connectivity index (χ4n) is 6.00. The maximum absolute atomic E-state index is 13.9. The summed E-state index contributed by atoms with van der Waals surface area (Å²) in [4.78, 5) is 15.4. The Bertz CT molecular complexity index is 1340. The van der Waals surface area contributed by atoms with Crippen molar-refractivity contribution in [2.24, 2.45) is 5.92 Å². The Morgan fingerprint density at radius 3 is 2.14 bits per heavy atom. The molecule has 1 aliphatic heterocycles. The van der Waals surface area contributed by atoms with Crippen LogP contribution in [0.25, 0.3) is 0 Å². The van der Waals surface area contributed by atoms with Crippen molar-refractivity contribution >= 4 is 5.91 Å². The van der Waals surface area contributed by atoms with Crippen LogP contribution in [0.15, 0.2) is 55.1 Å². The minimum atomic E-state index is -5.01. The van der Waals surface area contributed by atoms with Crippen LogP contribution in [0.3, 0.4) is 0 Å². The number of hydrogen-bond donors (Lipinski definition) is 0. The topological polar surface area (TPSA) is 60.2 Å². The lowest BCUT2D eigenvalue weighted by Gasteiger charge is -2.43. The predicted octanol–water partition coefficient (Wildman–Crippen LogP) is 7.31. The molecule has 226 valence electrons. The van der Waals surface area contributed by atoms with Gasteiger partial charge in [0.2, 0.25) is 5.91 Å². The van der Waals surface area contributed by atoms with Crippen LogP contribution >= 0.6 is 0 Å². The minimum absolute atomic E-state index is 0.0239. The van der Waals surface area contributed by atoms with Gasteiger partial charge in [0, 0.05) is 24.4 Å². The van der Waals surface area contributed by atoms with Gasteiger partial charge < -0.3 is 14.2 Å². The van der Waals surface area contributed by atoms with Crippen molar-refractivity contribution in [2.75, 3.05) is 6.54 Å². The summed E-state index contributed by atoms with van der Waals surface area (Å²) in [5, 5.41) is 7.64. The zero-order valence-electron chi connectivity index (χ0n) is 22.6. The van der Waals surface area contributed by atoms with Crippen molar-refractivity contribution in [1.29, 1.82) is 0 Å². The summed E-state index contributed by atoms with van der Waals surface area (Å²) < 4.78 is 103. The van der Waals surface area contributed by atoms with E-state index in [4.69, 9.17) is 4.74 Å². The first-order valence-electron chi connectivity index (χ1n) is 13.7. The Hall–Kier alpha value is -3.48. The zero-order valence-corrected chi connectivity index (χ0v) is 22.6. The van der Waals surface area contributed by atoms with Crippen molar-refractivity contribution in [2.45, 2.75) is 75.7 Å². The molecule has 2 fully saturated rings. The first-order valence-corrected chi connectivity index (χ1v) is 13.7. The molecule has 42 heavy (non-hydrogen) atoms. The van der Waals surface area contributed by atoms with Crippen molar-refractivity contribution in [3.8, 4) is 0 Å². The summed E-state index contributed by atoms with van der Waals surface area (Å²) in [6.07, 6.45) is -6.14. The van der Waals surface area contributed by atoms with Gasteiger partial charge in [-0.15, -0.1) is 10.2 Å². The van der Waals surface area contributed by atoms with Crippen LogP contribution in [0.5, 0.6) is 0 Å². The van der Waals surface area contributed by atoms with Crippen LogP contribution in [0, 0.1) is 11.7 Å². The molecule has 3 aromatic rings. The Balaban J connectivity index is 1.46. The second-order valence-electron chi connectivity index (χ2n) is 10.9.